The van der Waals surface area contributed by atoms with Crippen LogP contribution in [0.3, 0.4) is 0 Å². The first-order chi connectivity index (χ1) is 21.0. The molecule has 10 atom stereocenters. The molecule has 9 rings (SSSR count). The van der Waals surface area contributed by atoms with Crippen LogP contribution in [0.4, 0.5) is 0 Å². The Bertz CT molecular complexity index is 1400. The second-order valence-corrected chi connectivity index (χ2v) is 16.6. The lowest BCUT2D eigenvalue weighted by Crippen LogP contribution is -2.65. The zero-order chi connectivity index (χ0) is 32.3. The number of hydrogen-bond donors (Lipinski definition) is 2. The highest BCUT2D eigenvalue weighted by atomic mass is 16.8. The van der Waals surface area contributed by atoms with Gasteiger partial charge in [-0.2, -0.15) is 0 Å². The third-order valence-electron chi connectivity index (χ3n) is 13.5. The fourth-order valence-electron chi connectivity index (χ4n) is 10.6. The molecule has 246 valence electrons. The molecule has 0 aromatic heterocycles. The van der Waals surface area contributed by atoms with Crippen LogP contribution in [0.5, 0.6) is 5.75 Å². The van der Waals surface area contributed by atoms with Crippen LogP contribution in [-0.2, 0) is 30.0 Å². The molecule has 1 aromatic rings. The van der Waals surface area contributed by atoms with Crippen molar-refractivity contribution in [2.24, 2.45) is 34.5 Å². The molecule has 8 fully saturated rings. The van der Waals surface area contributed by atoms with E-state index >= 15 is 0 Å². The van der Waals surface area contributed by atoms with Crippen LogP contribution < -0.4 is 10.1 Å². The fraction of sp³-hybridized carbons (Fsp3) is 0.771. The molecule has 1 amide bonds. The molecule has 4 bridgehead atoms. The number of carbonyl (C=O) groups is 2. The van der Waals surface area contributed by atoms with Gasteiger partial charge in [-0.1, -0.05) is 39.8 Å². The summed E-state index contributed by atoms with van der Waals surface area (Å²) in [6.07, 6.45) is 5.16. The van der Waals surface area contributed by atoms with Gasteiger partial charge in [0.25, 0.3) is 0 Å². The Hall–Kier alpha value is -2.14. The van der Waals surface area contributed by atoms with Crippen molar-refractivity contribution in [2.45, 2.75) is 129 Å². The molecule has 8 aliphatic rings. The van der Waals surface area contributed by atoms with E-state index in [9.17, 15) is 14.7 Å². The van der Waals surface area contributed by atoms with Gasteiger partial charge in [0.1, 0.15) is 11.3 Å². The summed E-state index contributed by atoms with van der Waals surface area (Å²) in [5.74, 6) is -0.255. The van der Waals surface area contributed by atoms with E-state index in [4.69, 9.17) is 23.5 Å². The van der Waals surface area contributed by atoms with Crippen molar-refractivity contribution in [3.63, 3.8) is 0 Å². The van der Waals surface area contributed by atoms with Gasteiger partial charge in [-0.15, -0.1) is 0 Å². The van der Waals surface area contributed by atoms with Crippen molar-refractivity contribution in [1.29, 1.82) is 0 Å². The van der Waals surface area contributed by atoms with Gasteiger partial charge in [0.2, 0.25) is 5.91 Å². The molecule has 6 aliphatic carbocycles. The van der Waals surface area contributed by atoms with Gasteiger partial charge in [0, 0.05) is 12.8 Å². The number of nitrogens with one attached hydrogen (secondary N) is 1. The molecule has 0 radical (unpaired) electrons. The highest BCUT2D eigenvalue weighted by molar-refractivity contribution is 6.48. The Kier molecular flexibility index (Phi) is 7.12. The summed E-state index contributed by atoms with van der Waals surface area (Å²) in [7, 11) is 0.792. The quantitative estimate of drug-likeness (QED) is 0.351. The fourth-order valence-corrected chi connectivity index (χ4v) is 10.6. The summed E-state index contributed by atoms with van der Waals surface area (Å²) in [5.41, 5.74) is 0.390. The Morgan fingerprint density at radius 3 is 2.24 bits per heavy atom. The Morgan fingerprint density at radius 2 is 1.62 bits per heavy atom. The van der Waals surface area contributed by atoms with Gasteiger partial charge in [-0.25, -0.2) is 4.79 Å². The van der Waals surface area contributed by atoms with Crippen LogP contribution in [0.15, 0.2) is 18.2 Å². The summed E-state index contributed by atoms with van der Waals surface area (Å²) < 4.78 is 32.3. The first-order valence-electron chi connectivity index (χ1n) is 16.9. The molecule has 10 heteroatoms. The topological polar surface area (TPSA) is 113 Å². The van der Waals surface area contributed by atoms with Gasteiger partial charge in [-0.05, 0) is 99.0 Å². The van der Waals surface area contributed by atoms with Gasteiger partial charge < -0.3 is 33.9 Å². The van der Waals surface area contributed by atoms with E-state index in [0.717, 1.165) is 19.3 Å². The smallest absolute Gasteiger partial charge is 0.482 e. The molecule has 45 heavy (non-hydrogen) atoms. The highest BCUT2D eigenvalue weighted by Crippen LogP contribution is 2.68. The van der Waals surface area contributed by atoms with Crippen LogP contribution in [-0.4, -0.2) is 66.3 Å². The number of ether oxygens (including phenoxy) is 3. The third kappa shape index (κ3) is 4.63. The normalized spacial score (nSPS) is 42.1. The molecule has 0 spiro atoms. The maximum atomic E-state index is 13.7. The molecule has 10 unspecified atom stereocenters. The van der Waals surface area contributed by atoms with Crippen molar-refractivity contribution in [2.75, 3.05) is 7.11 Å². The molecule has 2 saturated heterocycles. The number of benzene rings is 1. The predicted molar refractivity (Wildman–Crippen MR) is 168 cm³/mol. The maximum absolute atomic E-state index is 13.7. The third-order valence-corrected chi connectivity index (χ3v) is 13.5. The summed E-state index contributed by atoms with van der Waals surface area (Å²) in [5, 5.41) is 13.0. The standard InChI is InChI=1S/C35H50BNO8/c1-31(2)20-15-23(31)34(6)25(17-20)42-33(5,44-34)13-12-28(38)37-27(14-19-10-9-11-22(30(39)40)29(19)41-8)36-43-26-18-21-16-24(32(21,3)4)35(26,7)45-36/h9-11,20-21,23-27H,12-18H2,1-8H3,(H,37,38)(H,39,40). The van der Waals surface area contributed by atoms with Crippen LogP contribution in [0.2, 0.25) is 0 Å². The van der Waals surface area contributed by atoms with Gasteiger partial charge >= 0.3 is 13.1 Å². The summed E-state index contributed by atoms with van der Waals surface area (Å²) in [4.78, 5) is 25.7. The molecule has 2 N–H and O–H groups in total. The van der Waals surface area contributed by atoms with Crippen molar-refractivity contribution in [3.05, 3.63) is 29.3 Å². The van der Waals surface area contributed by atoms with E-state index < -0.39 is 30.4 Å². The van der Waals surface area contributed by atoms with E-state index in [2.05, 4.69) is 46.9 Å². The zero-order valence-corrected chi connectivity index (χ0v) is 28.1. The first kappa shape index (κ1) is 31.5. The molecule has 6 saturated carbocycles. The minimum absolute atomic E-state index is 0.0453. The lowest BCUT2D eigenvalue weighted by Gasteiger charge is -2.64. The molecular weight excluding hydrogens is 573 g/mol. The van der Waals surface area contributed by atoms with Gasteiger partial charge in [0.05, 0.1) is 36.5 Å². The van der Waals surface area contributed by atoms with Crippen LogP contribution in [0, 0.1) is 34.5 Å². The van der Waals surface area contributed by atoms with Crippen LogP contribution in [0.1, 0.15) is 103 Å². The summed E-state index contributed by atoms with van der Waals surface area (Å²) in [6, 6.07) is 5.07. The number of carboxylic acids is 1. The van der Waals surface area contributed by atoms with Gasteiger partial charge in [-0.3, -0.25) is 4.79 Å². The van der Waals surface area contributed by atoms with Crippen LogP contribution >= 0.6 is 0 Å². The zero-order valence-electron chi connectivity index (χ0n) is 28.1. The molecule has 2 heterocycles. The van der Waals surface area contributed by atoms with Crippen LogP contribution in [0.25, 0.3) is 0 Å². The number of carbonyl (C=O) groups excluding carboxylic acids is 1. The first-order valence-corrected chi connectivity index (χ1v) is 16.9. The summed E-state index contributed by atoms with van der Waals surface area (Å²) in [6.45, 7) is 15.6. The second-order valence-electron chi connectivity index (χ2n) is 16.6. The SMILES string of the molecule is COc1c(CC(NC(=O)CCC2(C)OC3CC4CC(C4(C)C)C3(C)O2)B2OC3CC4CC(C4(C)C)C3(C)O2)cccc1C(=O)O. The van der Waals surface area contributed by atoms with E-state index in [-0.39, 0.29) is 52.3 Å². The average Bonchev–Trinajstić information content (AvgIpc) is 3.47. The van der Waals surface area contributed by atoms with E-state index in [1.807, 2.05) is 13.0 Å². The Balaban J connectivity index is 1.08. The van der Waals surface area contributed by atoms with E-state index in [1.54, 1.807) is 6.07 Å². The summed E-state index contributed by atoms with van der Waals surface area (Å²) >= 11 is 0. The largest absolute Gasteiger partial charge is 0.496 e. The Morgan fingerprint density at radius 1 is 0.978 bits per heavy atom. The molecular formula is C35H50BNO8. The maximum Gasteiger partial charge on any atom is 0.482 e. The van der Waals surface area contributed by atoms with E-state index in [0.29, 0.717) is 42.1 Å². The number of methoxy groups -OCH3 is 1. The monoisotopic (exact) mass is 623 g/mol. The number of rotatable bonds is 9. The number of hydrogen-bond acceptors (Lipinski definition) is 7. The number of amides is 1. The molecule has 2 aliphatic heterocycles. The number of para-hydroxylation sites is 1. The Labute approximate surface area is 267 Å². The van der Waals surface area contributed by atoms with Crippen molar-refractivity contribution in [1.82, 2.24) is 5.32 Å². The molecule has 1 aromatic carbocycles. The molecule has 9 nitrogen and oxygen atoms in total. The predicted octanol–water partition coefficient (Wildman–Crippen LogP) is 5.42. The van der Waals surface area contributed by atoms with Crippen molar-refractivity contribution in [3.8, 4) is 5.75 Å². The average molecular weight is 624 g/mol. The van der Waals surface area contributed by atoms with Crippen molar-refractivity contribution < 1.29 is 38.2 Å². The lowest BCUT2D eigenvalue weighted by atomic mass is 9.43. The minimum atomic E-state index is -1.07. The lowest BCUT2D eigenvalue weighted by molar-refractivity contribution is -0.226. The highest BCUT2D eigenvalue weighted by Gasteiger charge is 2.70. The van der Waals surface area contributed by atoms with E-state index in [1.165, 1.54) is 19.6 Å². The second kappa shape index (κ2) is 10.2. The number of carboxylic acid groups (broad SMARTS) is 1. The van der Waals surface area contributed by atoms with Gasteiger partial charge in [0.15, 0.2) is 5.79 Å². The minimum Gasteiger partial charge on any atom is -0.496 e. The number of aromatic carboxylic acids is 1. The van der Waals surface area contributed by atoms with Crippen molar-refractivity contribution >= 4 is 19.0 Å².